The monoisotopic (exact) mass is 174 g/mol. The summed E-state index contributed by atoms with van der Waals surface area (Å²) in [6, 6.07) is 0. The van der Waals surface area contributed by atoms with E-state index in [1.165, 1.54) is 0 Å². The van der Waals surface area contributed by atoms with E-state index < -0.39 is 0 Å². The highest BCUT2D eigenvalue weighted by atomic mass is 15.6. The van der Waals surface area contributed by atoms with Crippen molar-refractivity contribution in [2.45, 2.75) is 12.8 Å². The Morgan fingerprint density at radius 1 is 0.917 bits per heavy atom. The Hall–Kier alpha value is -0.160. The van der Waals surface area contributed by atoms with E-state index in [9.17, 15) is 0 Å². The van der Waals surface area contributed by atoms with Gasteiger partial charge in [0.25, 0.3) is 0 Å². The zero-order chi connectivity index (χ0) is 9.40. The van der Waals surface area contributed by atoms with Gasteiger partial charge in [-0.25, -0.2) is 10.0 Å². The standard InChI is InChI=1S/C8H22N4/c1-11(2)12(7-3-5-9)8-4-6-10/h3-10H2,1-2H3. The number of hydrogen-bond acceptors (Lipinski definition) is 4. The van der Waals surface area contributed by atoms with Crippen LogP contribution < -0.4 is 11.5 Å². The molecule has 0 spiro atoms. The number of hydrazine groups is 1. The third-order valence-corrected chi connectivity index (χ3v) is 1.81. The van der Waals surface area contributed by atoms with Crippen LogP contribution in [-0.4, -0.2) is 50.3 Å². The Bertz CT molecular complexity index is 87.1. The molecule has 0 aromatic carbocycles. The Kier molecular flexibility index (Phi) is 7.39. The number of nitrogens with two attached hydrogens (primary N) is 2. The molecular weight excluding hydrogens is 152 g/mol. The summed E-state index contributed by atoms with van der Waals surface area (Å²) in [7, 11) is 4.10. The van der Waals surface area contributed by atoms with Gasteiger partial charge in [-0.3, -0.25) is 0 Å². The van der Waals surface area contributed by atoms with Gasteiger partial charge in [0.2, 0.25) is 0 Å². The minimum Gasteiger partial charge on any atom is -0.330 e. The molecule has 0 aromatic heterocycles. The van der Waals surface area contributed by atoms with E-state index in [1.807, 2.05) is 14.1 Å². The minimum absolute atomic E-state index is 0.757. The molecule has 0 aliphatic heterocycles. The van der Waals surface area contributed by atoms with Crippen LogP contribution >= 0.6 is 0 Å². The normalized spacial score (nSPS) is 11.5. The van der Waals surface area contributed by atoms with E-state index in [-0.39, 0.29) is 0 Å². The molecule has 0 atom stereocenters. The second-order valence-corrected chi connectivity index (χ2v) is 3.09. The molecule has 0 bridgehead atoms. The topological polar surface area (TPSA) is 58.5 Å². The molecule has 0 amide bonds. The molecule has 0 saturated carbocycles. The quantitative estimate of drug-likeness (QED) is 0.509. The van der Waals surface area contributed by atoms with Crippen LogP contribution in [0.15, 0.2) is 0 Å². The minimum atomic E-state index is 0.757. The molecule has 12 heavy (non-hydrogen) atoms. The maximum absolute atomic E-state index is 5.44. The van der Waals surface area contributed by atoms with Gasteiger partial charge in [0.05, 0.1) is 0 Å². The van der Waals surface area contributed by atoms with E-state index in [0.717, 1.165) is 39.0 Å². The molecule has 0 radical (unpaired) electrons. The van der Waals surface area contributed by atoms with E-state index >= 15 is 0 Å². The molecule has 0 aliphatic carbocycles. The smallest absolute Gasteiger partial charge is 0.0145 e. The van der Waals surface area contributed by atoms with Crippen LogP contribution in [0.3, 0.4) is 0 Å². The highest BCUT2D eigenvalue weighted by Crippen LogP contribution is 1.94. The molecule has 0 saturated heterocycles. The maximum atomic E-state index is 5.44. The maximum Gasteiger partial charge on any atom is 0.0145 e. The van der Waals surface area contributed by atoms with Crippen molar-refractivity contribution in [3.8, 4) is 0 Å². The first-order valence-corrected chi connectivity index (χ1v) is 4.54. The van der Waals surface area contributed by atoms with Gasteiger partial charge in [-0.05, 0) is 25.9 Å². The molecule has 4 N–H and O–H groups in total. The van der Waals surface area contributed by atoms with Crippen LogP contribution in [0.5, 0.6) is 0 Å². The van der Waals surface area contributed by atoms with Gasteiger partial charge < -0.3 is 11.5 Å². The van der Waals surface area contributed by atoms with Crippen molar-refractivity contribution in [3.63, 3.8) is 0 Å². The largest absolute Gasteiger partial charge is 0.330 e. The zero-order valence-corrected chi connectivity index (χ0v) is 8.29. The van der Waals surface area contributed by atoms with E-state index in [1.54, 1.807) is 0 Å². The first kappa shape index (κ1) is 11.8. The molecule has 0 heterocycles. The van der Waals surface area contributed by atoms with Crippen LogP contribution in [0.25, 0.3) is 0 Å². The summed E-state index contributed by atoms with van der Waals surface area (Å²) < 4.78 is 0. The Morgan fingerprint density at radius 3 is 1.58 bits per heavy atom. The van der Waals surface area contributed by atoms with Crippen molar-refractivity contribution in [1.82, 2.24) is 10.0 Å². The SMILES string of the molecule is CN(C)N(CCCN)CCCN. The van der Waals surface area contributed by atoms with Gasteiger partial charge >= 0.3 is 0 Å². The molecule has 0 rings (SSSR count). The van der Waals surface area contributed by atoms with Gasteiger partial charge in [0.15, 0.2) is 0 Å². The third kappa shape index (κ3) is 5.49. The summed E-state index contributed by atoms with van der Waals surface area (Å²) in [5.41, 5.74) is 10.9. The number of nitrogens with zero attached hydrogens (tertiary/aromatic N) is 2. The van der Waals surface area contributed by atoms with Crippen molar-refractivity contribution < 1.29 is 0 Å². The van der Waals surface area contributed by atoms with E-state index in [0.29, 0.717) is 0 Å². The van der Waals surface area contributed by atoms with Crippen LogP contribution in [0.2, 0.25) is 0 Å². The summed E-state index contributed by atoms with van der Waals surface area (Å²) >= 11 is 0. The molecule has 4 nitrogen and oxygen atoms in total. The Morgan fingerprint density at radius 2 is 1.33 bits per heavy atom. The van der Waals surface area contributed by atoms with Crippen molar-refractivity contribution in [2.75, 3.05) is 40.3 Å². The number of rotatable bonds is 7. The van der Waals surface area contributed by atoms with Crippen molar-refractivity contribution in [1.29, 1.82) is 0 Å². The highest BCUT2D eigenvalue weighted by Gasteiger charge is 2.04. The number of hydrogen-bond donors (Lipinski definition) is 2. The van der Waals surface area contributed by atoms with Crippen molar-refractivity contribution in [2.24, 2.45) is 11.5 Å². The van der Waals surface area contributed by atoms with Gasteiger partial charge in [-0.15, -0.1) is 0 Å². The lowest BCUT2D eigenvalue weighted by Crippen LogP contribution is -2.39. The zero-order valence-electron chi connectivity index (χ0n) is 8.29. The van der Waals surface area contributed by atoms with Gasteiger partial charge in [0, 0.05) is 27.2 Å². The van der Waals surface area contributed by atoms with Crippen LogP contribution in [-0.2, 0) is 0 Å². The Labute approximate surface area is 75.5 Å². The summed E-state index contributed by atoms with van der Waals surface area (Å²) in [5.74, 6) is 0. The van der Waals surface area contributed by atoms with Gasteiger partial charge in [-0.2, -0.15) is 0 Å². The van der Waals surface area contributed by atoms with Gasteiger partial charge in [0.1, 0.15) is 0 Å². The predicted octanol–water partition coefficient (Wildman–Crippen LogP) is -0.537. The predicted molar refractivity (Wildman–Crippen MR) is 52.6 cm³/mol. The van der Waals surface area contributed by atoms with Gasteiger partial charge in [-0.1, -0.05) is 0 Å². The molecule has 0 aliphatic rings. The molecule has 0 unspecified atom stereocenters. The fourth-order valence-electron chi connectivity index (χ4n) is 1.06. The Balaban J connectivity index is 3.55. The molecule has 0 fully saturated rings. The van der Waals surface area contributed by atoms with Crippen LogP contribution in [0, 0.1) is 0 Å². The fourth-order valence-corrected chi connectivity index (χ4v) is 1.06. The van der Waals surface area contributed by atoms with Crippen molar-refractivity contribution >= 4 is 0 Å². The summed E-state index contributed by atoms with van der Waals surface area (Å²) in [6.07, 6.45) is 2.09. The summed E-state index contributed by atoms with van der Waals surface area (Å²) in [4.78, 5) is 0. The molecular formula is C8H22N4. The average molecular weight is 174 g/mol. The molecule has 4 heteroatoms. The average Bonchev–Trinajstić information content (AvgIpc) is 2.04. The molecule has 0 aromatic rings. The second-order valence-electron chi connectivity index (χ2n) is 3.09. The first-order chi connectivity index (χ1) is 5.72. The summed E-state index contributed by atoms with van der Waals surface area (Å²) in [6.45, 7) is 3.58. The molecule has 74 valence electrons. The lowest BCUT2D eigenvalue weighted by Gasteiger charge is -2.28. The second kappa shape index (κ2) is 7.49. The lowest BCUT2D eigenvalue weighted by atomic mass is 10.3. The first-order valence-electron chi connectivity index (χ1n) is 4.54. The van der Waals surface area contributed by atoms with E-state index in [2.05, 4.69) is 10.0 Å². The third-order valence-electron chi connectivity index (χ3n) is 1.81. The van der Waals surface area contributed by atoms with Crippen LogP contribution in [0.1, 0.15) is 12.8 Å². The summed E-state index contributed by atoms with van der Waals surface area (Å²) in [5, 5.41) is 4.37. The highest BCUT2D eigenvalue weighted by molar-refractivity contribution is 4.53. The van der Waals surface area contributed by atoms with Crippen molar-refractivity contribution in [3.05, 3.63) is 0 Å². The fraction of sp³-hybridized carbons (Fsp3) is 1.00. The lowest BCUT2D eigenvalue weighted by molar-refractivity contribution is 0.0242. The van der Waals surface area contributed by atoms with E-state index in [4.69, 9.17) is 11.5 Å². The van der Waals surface area contributed by atoms with Crippen LogP contribution in [0.4, 0.5) is 0 Å².